The maximum atomic E-state index is 5.78. The van der Waals surface area contributed by atoms with Crippen LogP contribution in [0.2, 0.25) is 0 Å². The molecule has 0 radical (unpaired) electrons. The van der Waals surface area contributed by atoms with Gasteiger partial charge in [0.05, 0.1) is 31.1 Å². The van der Waals surface area contributed by atoms with Gasteiger partial charge in [0, 0.05) is 24.1 Å². The summed E-state index contributed by atoms with van der Waals surface area (Å²) in [6.07, 6.45) is 0. The van der Waals surface area contributed by atoms with Gasteiger partial charge in [0.2, 0.25) is 0 Å². The molecular formula is C14H18BrN5. The Balaban J connectivity index is 1.73. The second-order valence-electron chi connectivity index (χ2n) is 6.18. The van der Waals surface area contributed by atoms with E-state index in [2.05, 4.69) is 60.0 Å². The summed E-state index contributed by atoms with van der Waals surface area (Å²) >= 11 is 3.48. The van der Waals surface area contributed by atoms with Gasteiger partial charge in [-0.2, -0.15) is 5.10 Å². The molecule has 4 fully saturated rings. The molecule has 4 heterocycles. The number of benzene rings is 1. The van der Waals surface area contributed by atoms with Crippen molar-refractivity contribution in [1.82, 2.24) is 14.7 Å². The topological polar surface area (TPSA) is 48.1 Å². The molecule has 0 spiro atoms. The Kier molecular flexibility index (Phi) is 2.89. The average Bonchev–Trinajstić information content (AvgIpc) is 2.40. The van der Waals surface area contributed by atoms with Crippen LogP contribution >= 0.6 is 15.9 Å². The zero-order valence-corrected chi connectivity index (χ0v) is 12.9. The van der Waals surface area contributed by atoms with Gasteiger partial charge in [-0.3, -0.25) is 14.7 Å². The summed E-state index contributed by atoms with van der Waals surface area (Å²) in [6, 6.07) is 8.33. The fraction of sp³-hybridized carbons (Fsp3) is 0.500. The molecule has 4 aliphatic rings. The lowest BCUT2D eigenvalue weighted by Crippen LogP contribution is -2.74. The van der Waals surface area contributed by atoms with Crippen molar-refractivity contribution in [2.75, 3.05) is 39.6 Å². The molecule has 5 nitrogen and oxygen atoms in total. The molecule has 20 heavy (non-hydrogen) atoms. The van der Waals surface area contributed by atoms with Gasteiger partial charge in [0.1, 0.15) is 0 Å². The molecule has 0 aromatic heterocycles. The second kappa shape index (κ2) is 4.53. The molecule has 1 aromatic carbocycles. The van der Waals surface area contributed by atoms with Crippen molar-refractivity contribution in [3.05, 3.63) is 34.3 Å². The van der Waals surface area contributed by atoms with E-state index < -0.39 is 0 Å². The predicted octanol–water partition coefficient (Wildman–Crippen LogP) is 0.918. The molecule has 0 atom stereocenters. The van der Waals surface area contributed by atoms with Crippen molar-refractivity contribution in [1.29, 1.82) is 0 Å². The molecule has 0 amide bonds. The molecule has 0 saturated carbocycles. The zero-order chi connectivity index (χ0) is 13.7. The molecule has 106 valence electrons. The summed E-state index contributed by atoms with van der Waals surface area (Å²) in [5, 5.41) is 4.20. The van der Waals surface area contributed by atoms with Crippen LogP contribution in [0.1, 0.15) is 5.56 Å². The van der Waals surface area contributed by atoms with E-state index >= 15 is 0 Å². The standard InChI is InChI=1S/C14H18BrN5/c15-12-3-1-11(2-4-12)13(17-16)14-5-18-8-19(6-14)10-20(7-14)9-18/h1-4H,5-10,16H2/b17-13+. The van der Waals surface area contributed by atoms with Crippen LogP contribution in [0.5, 0.6) is 0 Å². The number of hydrogen-bond donors (Lipinski definition) is 1. The van der Waals surface area contributed by atoms with Crippen LogP contribution in [0.15, 0.2) is 33.8 Å². The molecular weight excluding hydrogens is 318 g/mol. The number of nitrogens with zero attached hydrogens (tertiary/aromatic N) is 4. The predicted molar refractivity (Wildman–Crippen MR) is 82.0 cm³/mol. The molecule has 5 rings (SSSR count). The summed E-state index contributed by atoms with van der Waals surface area (Å²) in [5.74, 6) is 5.78. The van der Waals surface area contributed by atoms with E-state index in [4.69, 9.17) is 5.84 Å². The quantitative estimate of drug-likeness (QED) is 0.496. The lowest BCUT2D eigenvalue weighted by molar-refractivity contribution is -0.149. The van der Waals surface area contributed by atoms with Gasteiger partial charge >= 0.3 is 0 Å². The van der Waals surface area contributed by atoms with Gasteiger partial charge in [-0.05, 0) is 17.7 Å². The van der Waals surface area contributed by atoms with Crippen molar-refractivity contribution < 1.29 is 0 Å². The fourth-order valence-corrected chi connectivity index (χ4v) is 4.33. The number of rotatable bonds is 2. The number of hydrazone groups is 1. The van der Waals surface area contributed by atoms with Crippen molar-refractivity contribution in [2.24, 2.45) is 16.4 Å². The van der Waals surface area contributed by atoms with E-state index in [0.717, 1.165) is 55.4 Å². The first-order valence-corrected chi connectivity index (χ1v) is 7.69. The van der Waals surface area contributed by atoms with Gasteiger partial charge in [-0.1, -0.05) is 28.1 Å². The highest BCUT2D eigenvalue weighted by atomic mass is 79.9. The van der Waals surface area contributed by atoms with Crippen LogP contribution < -0.4 is 5.84 Å². The summed E-state index contributed by atoms with van der Waals surface area (Å²) in [4.78, 5) is 7.46. The van der Waals surface area contributed by atoms with Crippen LogP contribution in [-0.4, -0.2) is 60.1 Å². The number of hydrogen-bond acceptors (Lipinski definition) is 5. The van der Waals surface area contributed by atoms with Gasteiger partial charge in [0.25, 0.3) is 0 Å². The third-order valence-corrected chi connectivity index (χ3v) is 5.06. The summed E-state index contributed by atoms with van der Waals surface area (Å²) in [7, 11) is 0. The highest BCUT2D eigenvalue weighted by Crippen LogP contribution is 2.38. The normalized spacial score (nSPS) is 39.2. The lowest BCUT2D eigenvalue weighted by atomic mass is 9.74. The van der Waals surface area contributed by atoms with Crippen molar-refractivity contribution in [2.45, 2.75) is 0 Å². The van der Waals surface area contributed by atoms with Crippen LogP contribution in [-0.2, 0) is 0 Å². The first-order chi connectivity index (χ1) is 9.68. The first-order valence-electron chi connectivity index (χ1n) is 6.90. The molecule has 4 saturated heterocycles. The van der Waals surface area contributed by atoms with E-state index in [1.807, 2.05) is 0 Å². The second-order valence-corrected chi connectivity index (χ2v) is 7.09. The minimum absolute atomic E-state index is 0.0529. The van der Waals surface area contributed by atoms with Gasteiger partial charge in [-0.15, -0.1) is 0 Å². The third-order valence-electron chi connectivity index (χ3n) is 4.53. The maximum Gasteiger partial charge on any atom is 0.0773 e. The Bertz CT molecular complexity index is 518. The Hall–Kier alpha value is -0.950. The van der Waals surface area contributed by atoms with E-state index in [-0.39, 0.29) is 5.41 Å². The molecule has 1 aromatic rings. The molecule has 2 N–H and O–H groups in total. The number of halogens is 1. The van der Waals surface area contributed by atoms with Crippen LogP contribution in [0, 0.1) is 5.41 Å². The Morgan fingerprint density at radius 3 is 1.95 bits per heavy atom. The largest absolute Gasteiger partial charge is 0.323 e. The molecule has 6 heteroatoms. The van der Waals surface area contributed by atoms with Crippen LogP contribution in [0.4, 0.5) is 0 Å². The van der Waals surface area contributed by atoms with E-state index in [9.17, 15) is 0 Å². The fourth-order valence-electron chi connectivity index (χ4n) is 4.07. The Morgan fingerprint density at radius 2 is 1.50 bits per heavy atom. The van der Waals surface area contributed by atoms with Gasteiger partial charge < -0.3 is 5.84 Å². The van der Waals surface area contributed by atoms with E-state index in [1.54, 1.807) is 0 Å². The lowest BCUT2D eigenvalue weighted by Gasteiger charge is -2.60. The van der Waals surface area contributed by atoms with E-state index in [1.165, 1.54) is 0 Å². The molecule has 0 unspecified atom stereocenters. The third kappa shape index (κ3) is 1.90. The molecule has 0 aliphatic carbocycles. The van der Waals surface area contributed by atoms with E-state index in [0.29, 0.717) is 0 Å². The average molecular weight is 336 g/mol. The smallest absolute Gasteiger partial charge is 0.0773 e. The SMILES string of the molecule is N/N=C(\c1ccc(Br)cc1)C12CN3CN(CN(C3)C1)C2. The summed E-state index contributed by atoms with van der Waals surface area (Å²) in [5.41, 5.74) is 2.24. The van der Waals surface area contributed by atoms with Crippen molar-refractivity contribution >= 4 is 21.6 Å². The van der Waals surface area contributed by atoms with Crippen LogP contribution in [0.3, 0.4) is 0 Å². The summed E-state index contributed by atoms with van der Waals surface area (Å²) in [6.45, 7) is 6.42. The zero-order valence-electron chi connectivity index (χ0n) is 11.3. The highest BCUT2D eigenvalue weighted by Gasteiger charge is 2.51. The van der Waals surface area contributed by atoms with Crippen molar-refractivity contribution in [3.63, 3.8) is 0 Å². The molecule has 4 aliphatic heterocycles. The number of nitrogens with two attached hydrogens (primary N) is 1. The minimum Gasteiger partial charge on any atom is -0.323 e. The highest BCUT2D eigenvalue weighted by molar-refractivity contribution is 9.10. The maximum absolute atomic E-state index is 5.78. The van der Waals surface area contributed by atoms with Gasteiger partial charge in [0.15, 0.2) is 0 Å². The van der Waals surface area contributed by atoms with Crippen LogP contribution in [0.25, 0.3) is 0 Å². The summed E-state index contributed by atoms with van der Waals surface area (Å²) < 4.78 is 1.08. The minimum atomic E-state index is 0.0529. The molecule has 4 bridgehead atoms. The Labute approximate surface area is 127 Å². The van der Waals surface area contributed by atoms with Gasteiger partial charge in [-0.25, -0.2) is 0 Å². The Morgan fingerprint density at radius 1 is 1.00 bits per heavy atom. The van der Waals surface area contributed by atoms with Crippen molar-refractivity contribution in [3.8, 4) is 0 Å². The first kappa shape index (κ1) is 12.8. The monoisotopic (exact) mass is 335 g/mol.